The zero-order chi connectivity index (χ0) is 13.0. The van der Waals surface area contributed by atoms with E-state index in [1.807, 2.05) is 0 Å². The topological polar surface area (TPSA) is 65.0 Å². The van der Waals surface area contributed by atoms with E-state index in [2.05, 4.69) is 0 Å². The summed E-state index contributed by atoms with van der Waals surface area (Å²) in [7, 11) is 1.45. The van der Waals surface area contributed by atoms with Crippen molar-refractivity contribution < 1.29 is 24.1 Å². The molecule has 0 saturated heterocycles. The smallest absolute Gasteiger partial charge is 0.504 e. The second kappa shape index (κ2) is 5.62. The highest BCUT2D eigenvalue weighted by Crippen LogP contribution is 2.30. The minimum atomic E-state index is -0.730. The van der Waals surface area contributed by atoms with Crippen molar-refractivity contribution in [2.24, 2.45) is 0 Å². The summed E-state index contributed by atoms with van der Waals surface area (Å²) in [5, 5.41) is 9.53. The summed E-state index contributed by atoms with van der Waals surface area (Å²) in [4.78, 5) is 11.5. The quantitative estimate of drug-likeness (QED) is 0.662. The molecular weight excluding hydrogens is 236 g/mol. The lowest BCUT2D eigenvalue weighted by molar-refractivity contribution is 0.0612. The third kappa shape index (κ3) is 3.06. The number of benzene rings is 1. The standard InChI is InChI=1S/C13H16O5/c1-16-12-7-6-10(8-11(12)14)18-13(15)17-9-4-2-3-5-9/h6-9,14H,2-5H2,1H3. The highest BCUT2D eigenvalue weighted by Gasteiger charge is 2.20. The van der Waals surface area contributed by atoms with Gasteiger partial charge < -0.3 is 19.3 Å². The maximum Gasteiger partial charge on any atom is 0.514 e. The third-order valence-electron chi connectivity index (χ3n) is 2.92. The fourth-order valence-corrected chi connectivity index (χ4v) is 2.00. The van der Waals surface area contributed by atoms with E-state index in [1.165, 1.54) is 25.3 Å². The van der Waals surface area contributed by atoms with Gasteiger partial charge in [-0.15, -0.1) is 0 Å². The molecule has 0 radical (unpaired) electrons. The van der Waals surface area contributed by atoms with Crippen LogP contribution >= 0.6 is 0 Å². The van der Waals surface area contributed by atoms with Gasteiger partial charge in [0.05, 0.1) is 7.11 Å². The van der Waals surface area contributed by atoms with Crippen LogP contribution < -0.4 is 9.47 Å². The first-order valence-electron chi connectivity index (χ1n) is 5.94. The van der Waals surface area contributed by atoms with Gasteiger partial charge in [0.15, 0.2) is 11.5 Å². The predicted octanol–water partition coefficient (Wildman–Crippen LogP) is 2.86. The predicted molar refractivity (Wildman–Crippen MR) is 64.0 cm³/mol. The number of phenols is 1. The SMILES string of the molecule is COc1ccc(OC(=O)OC2CCCC2)cc1O. The minimum Gasteiger partial charge on any atom is -0.504 e. The van der Waals surface area contributed by atoms with Crippen LogP contribution in [0.15, 0.2) is 18.2 Å². The Morgan fingerprint density at radius 2 is 2.06 bits per heavy atom. The highest BCUT2D eigenvalue weighted by molar-refractivity contribution is 5.64. The van der Waals surface area contributed by atoms with Crippen molar-refractivity contribution in [3.05, 3.63) is 18.2 Å². The number of hydrogen-bond acceptors (Lipinski definition) is 5. The molecule has 1 saturated carbocycles. The van der Waals surface area contributed by atoms with Gasteiger partial charge in [-0.25, -0.2) is 4.79 Å². The zero-order valence-electron chi connectivity index (χ0n) is 10.2. The van der Waals surface area contributed by atoms with E-state index in [4.69, 9.17) is 14.2 Å². The molecule has 1 aromatic rings. The van der Waals surface area contributed by atoms with E-state index >= 15 is 0 Å². The average Bonchev–Trinajstić information content (AvgIpc) is 2.82. The van der Waals surface area contributed by atoms with Crippen molar-refractivity contribution in [1.82, 2.24) is 0 Å². The molecule has 1 fully saturated rings. The number of carbonyl (C=O) groups is 1. The lowest BCUT2D eigenvalue weighted by Crippen LogP contribution is -2.18. The number of ether oxygens (including phenoxy) is 3. The van der Waals surface area contributed by atoms with Crippen molar-refractivity contribution in [3.8, 4) is 17.2 Å². The normalized spacial score (nSPS) is 15.4. The Morgan fingerprint density at radius 1 is 1.33 bits per heavy atom. The van der Waals surface area contributed by atoms with Gasteiger partial charge in [0.1, 0.15) is 11.9 Å². The maximum absolute atomic E-state index is 11.5. The molecule has 1 aliphatic rings. The Morgan fingerprint density at radius 3 is 2.67 bits per heavy atom. The van der Waals surface area contributed by atoms with E-state index in [-0.39, 0.29) is 17.6 Å². The van der Waals surface area contributed by atoms with E-state index in [9.17, 15) is 9.90 Å². The van der Waals surface area contributed by atoms with Crippen molar-refractivity contribution in [2.75, 3.05) is 7.11 Å². The Balaban J connectivity index is 1.92. The molecule has 0 amide bonds. The second-order valence-electron chi connectivity index (χ2n) is 4.21. The summed E-state index contributed by atoms with van der Waals surface area (Å²) in [6, 6.07) is 4.37. The number of methoxy groups -OCH3 is 1. The van der Waals surface area contributed by atoms with Crippen LogP contribution in [0.4, 0.5) is 4.79 Å². The first kappa shape index (κ1) is 12.5. The summed E-state index contributed by atoms with van der Waals surface area (Å²) >= 11 is 0. The second-order valence-corrected chi connectivity index (χ2v) is 4.21. The maximum atomic E-state index is 11.5. The van der Waals surface area contributed by atoms with Crippen molar-refractivity contribution in [1.29, 1.82) is 0 Å². The number of carbonyl (C=O) groups excluding carboxylic acids is 1. The third-order valence-corrected chi connectivity index (χ3v) is 2.92. The average molecular weight is 252 g/mol. The minimum absolute atomic E-state index is 0.0376. The van der Waals surface area contributed by atoms with Crippen LogP contribution in [0.3, 0.4) is 0 Å². The molecule has 0 bridgehead atoms. The number of rotatable bonds is 3. The lowest BCUT2D eigenvalue weighted by Gasteiger charge is -2.11. The van der Waals surface area contributed by atoms with Gasteiger partial charge in [0.2, 0.25) is 0 Å². The summed E-state index contributed by atoms with van der Waals surface area (Å²) in [5.41, 5.74) is 0. The van der Waals surface area contributed by atoms with Gasteiger partial charge in [0, 0.05) is 6.07 Å². The van der Waals surface area contributed by atoms with E-state index in [0.29, 0.717) is 5.75 Å². The summed E-state index contributed by atoms with van der Waals surface area (Å²) in [6.07, 6.45) is 3.19. The molecule has 1 N–H and O–H groups in total. The lowest BCUT2D eigenvalue weighted by atomic mass is 10.3. The van der Waals surface area contributed by atoms with Gasteiger partial charge in [0.25, 0.3) is 0 Å². The Kier molecular flexibility index (Phi) is 3.92. The van der Waals surface area contributed by atoms with Crippen LogP contribution in [0.2, 0.25) is 0 Å². The molecule has 18 heavy (non-hydrogen) atoms. The molecule has 0 aliphatic heterocycles. The number of aromatic hydroxyl groups is 1. The largest absolute Gasteiger partial charge is 0.514 e. The van der Waals surface area contributed by atoms with Gasteiger partial charge in [-0.05, 0) is 37.8 Å². The molecule has 0 atom stereocenters. The van der Waals surface area contributed by atoms with Gasteiger partial charge in [-0.3, -0.25) is 0 Å². The molecule has 5 nitrogen and oxygen atoms in total. The number of hydrogen-bond donors (Lipinski definition) is 1. The molecule has 2 rings (SSSR count). The molecule has 0 aromatic heterocycles. The Labute approximate surface area is 105 Å². The van der Waals surface area contributed by atoms with Crippen LogP contribution in [-0.2, 0) is 4.74 Å². The number of phenolic OH excluding ortho intramolecular Hbond substituents is 1. The molecular formula is C13H16O5. The molecule has 0 heterocycles. The van der Waals surface area contributed by atoms with E-state index < -0.39 is 6.16 Å². The summed E-state index contributed by atoms with van der Waals surface area (Å²) < 4.78 is 15.0. The summed E-state index contributed by atoms with van der Waals surface area (Å²) in [5.74, 6) is 0.478. The Hall–Kier alpha value is -1.91. The van der Waals surface area contributed by atoms with E-state index in [1.54, 1.807) is 0 Å². The van der Waals surface area contributed by atoms with Gasteiger partial charge in [-0.2, -0.15) is 0 Å². The van der Waals surface area contributed by atoms with Gasteiger partial charge >= 0.3 is 6.16 Å². The first-order chi connectivity index (χ1) is 8.69. The molecule has 0 unspecified atom stereocenters. The fraction of sp³-hybridized carbons (Fsp3) is 0.462. The summed E-state index contributed by atoms with van der Waals surface area (Å²) in [6.45, 7) is 0. The Bertz CT molecular complexity index is 423. The van der Waals surface area contributed by atoms with Crippen molar-refractivity contribution in [2.45, 2.75) is 31.8 Å². The molecule has 0 spiro atoms. The molecule has 1 aliphatic carbocycles. The van der Waals surface area contributed by atoms with E-state index in [0.717, 1.165) is 25.7 Å². The molecule has 1 aromatic carbocycles. The van der Waals surface area contributed by atoms with Crippen molar-refractivity contribution in [3.63, 3.8) is 0 Å². The van der Waals surface area contributed by atoms with Crippen LogP contribution in [0.1, 0.15) is 25.7 Å². The van der Waals surface area contributed by atoms with Crippen molar-refractivity contribution >= 4 is 6.16 Å². The first-order valence-corrected chi connectivity index (χ1v) is 5.94. The fourth-order valence-electron chi connectivity index (χ4n) is 2.00. The van der Waals surface area contributed by atoms with Crippen LogP contribution in [0.25, 0.3) is 0 Å². The monoisotopic (exact) mass is 252 g/mol. The zero-order valence-corrected chi connectivity index (χ0v) is 10.2. The molecule has 5 heteroatoms. The van der Waals surface area contributed by atoms with Crippen LogP contribution in [0, 0.1) is 0 Å². The highest BCUT2D eigenvalue weighted by atomic mass is 16.7. The molecule has 98 valence electrons. The van der Waals surface area contributed by atoms with Gasteiger partial charge in [-0.1, -0.05) is 0 Å². The van der Waals surface area contributed by atoms with Crippen LogP contribution in [-0.4, -0.2) is 24.5 Å². The van der Waals surface area contributed by atoms with Crippen LogP contribution in [0.5, 0.6) is 17.2 Å².